The van der Waals surface area contributed by atoms with Gasteiger partial charge in [-0.25, -0.2) is 0 Å². The molecule has 3 nitrogen and oxygen atoms in total. The summed E-state index contributed by atoms with van der Waals surface area (Å²) < 4.78 is 43.6. The van der Waals surface area contributed by atoms with E-state index in [-0.39, 0.29) is 11.5 Å². The number of pyridine rings is 1. The molecular formula is C13H6ClF3N2O. The molecule has 102 valence electrons. The average Bonchev–Trinajstić information content (AvgIpc) is 2.37. The molecule has 1 aromatic carbocycles. The first-order chi connectivity index (χ1) is 9.40. The summed E-state index contributed by atoms with van der Waals surface area (Å²) in [4.78, 5) is 3.75. The number of nitrogens with zero attached hydrogens (tertiary/aromatic N) is 2. The molecule has 0 unspecified atom stereocenters. The van der Waals surface area contributed by atoms with Crippen molar-refractivity contribution in [1.29, 1.82) is 5.26 Å². The van der Waals surface area contributed by atoms with Crippen LogP contribution >= 0.6 is 11.6 Å². The van der Waals surface area contributed by atoms with E-state index in [2.05, 4.69) is 4.98 Å². The summed E-state index contributed by atoms with van der Waals surface area (Å²) in [6.45, 7) is 0. The highest BCUT2D eigenvalue weighted by molar-refractivity contribution is 6.30. The molecule has 0 saturated heterocycles. The average molecular weight is 299 g/mol. The van der Waals surface area contributed by atoms with E-state index in [1.165, 1.54) is 30.6 Å². The Bertz CT molecular complexity index is 680. The van der Waals surface area contributed by atoms with E-state index >= 15 is 0 Å². The Kier molecular flexibility index (Phi) is 3.81. The van der Waals surface area contributed by atoms with E-state index in [9.17, 15) is 13.2 Å². The van der Waals surface area contributed by atoms with Crippen molar-refractivity contribution >= 4 is 11.6 Å². The minimum absolute atomic E-state index is 0.0552. The smallest absolute Gasteiger partial charge is 0.417 e. The van der Waals surface area contributed by atoms with Crippen molar-refractivity contribution in [3.8, 4) is 17.6 Å². The molecule has 2 rings (SSSR count). The largest absolute Gasteiger partial charge is 0.456 e. The monoisotopic (exact) mass is 298 g/mol. The first-order valence-electron chi connectivity index (χ1n) is 5.30. The molecule has 1 aromatic heterocycles. The Labute approximate surface area is 117 Å². The fourth-order valence-electron chi connectivity index (χ4n) is 1.50. The van der Waals surface area contributed by atoms with Crippen LogP contribution in [0.5, 0.6) is 11.5 Å². The number of aromatic nitrogens is 1. The Morgan fingerprint density at radius 3 is 2.50 bits per heavy atom. The van der Waals surface area contributed by atoms with E-state index < -0.39 is 17.3 Å². The fourth-order valence-corrected chi connectivity index (χ4v) is 1.67. The lowest BCUT2D eigenvalue weighted by Crippen LogP contribution is -2.07. The van der Waals surface area contributed by atoms with E-state index in [4.69, 9.17) is 21.6 Å². The first-order valence-corrected chi connectivity index (χ1v) is 5.67. The van der Waals surface area contributed by atoms with Crippen LogP contribution in [0.4, 0.5) is 13.2 Å². The van der Waals surface area contributed by atoms with Crippen LogP contribution in [0.25, 0.3) is 0 Å². The van der Waals surface area contributed by atoms with Crippen molar-refractivity contribution in [3.63, 3.8) is 0 Å². The van der Waals surface area contributed by atoms with Gasteiger partial charge in [-0.3, -0.25) is 4.98 Å². The second-order valence-electron chi connectivity index (χ2n) is 3.76. The Morgan fingerprint density at radius 1 is 1.15 bits per heavy atom. The van der Waals surface area contributed by atoms with Crippen LogP contribution in [0.1, 0.15) is 11.1 Å². The zero-order valence-electron chi connectivity index (χ0n) is 9.78. The molecular weight excluding hydrogens is 293 g/mol. The van der Waals surface area contributed by atoms with Crippen LogP contribution < -0.4 is 4.74 Å². The maximum Gasteiger partial charge on any atom is 0.417 e. The van der Waals surface area contributed by atoms with Crippen LogP contribution in [0.15, 0.2) is 36.7 Å². The molecule has 20 heavy (non-hydrogen) atoms. The minimum atomic E-state index is -4.63. The van der Waals surface area contributed by atoms with Crippen LogP contribution in [-0.4, -0.2) is 4.98 Å². The number of nitriles is 1. The topological polar surface area (TPSA) is 45.9 Å². The number of halogens is 4. The summed E-state index contributed by atoms with van der Waals surface area (Å²) in [5.74, 6) is 0.149. The first kappa shape index (κ1) is 14.2. The molecule has 0 aliphatic heterocycles. The molecule has 0 saturated carbocycles. The van der Waals surface area contributed by atoms with Gasteiger partial charge in [0.05, 0.1) is 28.4 Å². The zero-order chi connectivity index (χ0) is 14.8. The molecule has 0 aliphatic rings. The fraction of sp³-hybridized carbons (Fsp3) is 0.0769. The third-order valence-corrected chi connectivity index (χ3v) is 2.54. The van der Waals surface area contributed by atoms with Gasteiger partial charge in [-0.15, -0.1) is 0 Å². The van der Waals surface area contributed by atoms with Crippen molar-refractivity contribution in [2.24, 2.45) is 0 Å². The SMILES string of the molecule is N#Cc1ccc(Oc2cncc(Cl)c2)cc1C(F)(F)F. The summed E-state index contributed by atoms with van der Waals surface area (Å²) >= 11 is 5.70. The summed E-state index contributed by atoms with van der Waals surface area (Å²) in [5, 5.41) is 8.98. The summed E-state index contributed by atoms with van der Waals surface area (Å²) in [6.07, 6.45) is -1.94. The number of hydrogen-bond acceptors (Lipinski definition) is 3. The van der Waals surface area contributed by atoms with Crippen LogP contribution in [0, 0.1) is 11.3 Å². The van der Waals surface area contributed by atoms with Crippen molar-refractivity contribution in [2.45, 2.75) is 6.18 Å². The standard InChI is InChI=1S/C13H6ClF3N2O/c14-9-3-11(7-19-6-9)20-10-2-1-8(5-18)12(4-10)13(15,16)17/h1-4,6-7H. The van der Waals surface area contributed by atoms with Crippen LogP contribution in [0.2, 0.25) is 5.02 Å². The molecule has 0 atom stereocenters. The lowest BCUT2D eigenvalue weighted by atomic mass is 10.1. The third-order valence-electron chi connectivity index (χ3n) is 2.33. The van der Waals surface area contributed by atoms with Gasteiger partial charge in [-0.2, -0.15) is 18.4 Å². The number of ether oxygens (including phenoxy) is 1. The second kappa shape index (κ2) is 5.39. The van der Waals surface area contributed by atoms with E-state index in [1.807, 2.05) is 0 Å². The molecule has 0 N–H and O–H groups in total. The van der Waals surface area contributed by atoms with Gasteiger partial charge in [0, 0.05) is 12.3 Å². The van der Waals surface area contributed by atoms with Gasteiger partial charge >= 0.3 is 6.18 Å². The molecule has 0 amide bonds. The quantitative estimate of drug-likeness (QED) is 0.824. The normalized spacial score (nSPS) is 10.9. The molecule has 0 spiro atoms. The van der Waals surface area contributed by atoms with Gasteiger partial charge in [0.1, 0.15) is 11.5 Å². The maximum absolute atomic E-state index is 12.8. The molecule has 0 radical (unpaired) electrons. The van der Waals surface area contributed by atoms with E-state index in [0.29, 0.717) is 5.02 Å². The third kappa shape index (κ3) is 3.19. The van der Waals surface area contributed by atoms with Crippen molar-refractivity contribution in [3.05, 3.63) is 52.8 Å². The van der Waals surface area contributed by atoms with Crippen LogP contribution in [-0.2, 0) is 6.18 Å². The highest BCUT2D eigenvalue weighted by atomic mass is 35.5. The summed E-state index contributed by atoms with van der Waals surface area (Å²) in [6, 6.07) is 6.00. The van der Waals surface area contributed by atoms with Gasteiger partial charge in [0.25, 0.3) is 0 Å². The molecule has 0 bridgehead atoms. The Hall–Kier alpha value is -2.26. The molecule has 1 heterocycles. The van der Waals surface area contributed by atoms with Gasteiger partial charge in [-0.05, 0) is 18.2 Å². The van der Waals surface area contributed by atoms with Gasteiger partial charge in [0.2, 0.25) is 0 Å². The lowest BCUT2D eigenvalue weighted by Gasteiger charge is -2.11. The predicted molar refractivity (Wildman–Crippen MR) is 65.5 cm³/mol. The van der Waals surface area contributed by atoms with Crippen LogP contribution in [0.3, 0.4) is 0 Å². The lowest BCUT2D eigenvalue weighted by molar-refractivity contribution is -0.137. The number of benzene rings is 1. The van der Waals surface area contributed by atoms with Gasteiger partial charge in [0.15, 0.2) is 0 Å². The van der Waals surface area contributed by atoms with E-state index in [0.717, 1.165) is 12.1 Å². The summed E-state index contributed by atoms with van der Waals surface area (Å²) in [5.41, 5.74) is -1.51. The zero-order valence-corrected chi connectivity index (χ0v) is 10.5. The second-order valence-corrected chi connectivity index (χ2v) is 4.19. The Balaban J connectivity index is 2.37. The predicted octanol–water partition coefficient (Wildman–Crippen LogP) is 4.42. The highest BCUT2D eigenvalue weighted by Crippen LogP contribution is 2.35. The number of alkyl halides is 3. The van der Waals surface area contributed by atoms with Crippen molar-refractivity contribution in [2.75, 3.05) is 0 Å². The van der Waals surface area contributed by atoms with Gasteiger partial charge in [-0.1, -0.05) is 11.6 Å². The molecule has 0 aliphatic carbocycles. The van der Waals surface area contributed by atoms with E-state index in [1.54, 1.807) is 0 Å². The number of hydrogen-bond donors (Lipinski definition) is 0. The Morgan fingerprint density at radius 2 is 1.90 bits per heavy atom. The van der Waals surface area contributed by atoms with Crippen molar-refractivity contribution in [1.82, 2.24) is 4.98 Å². The highest BCUT2D eigenvalue weighted by Gasteiger charge is 2.34. The van der Waals surface area contributed by atoms with Gasteiger partial charge < -0.3 is 4.74 Å². The van der Waals surface area contributed by atoms with Crippen molar-refractivity contribution < 1.29 is 17.9 Å². The maximum atomic E-state index is 12.8. The minimum Gasteiger partial charge on any atom is -0.456 e. The number of rotatable bonds is 2. The summed E-state index contributed by atoms with van der Waals surface area (Å²) in [7, 11) is 0. The molecule has 7 heteroatoms. The molecule has 0 fully saturated rings. The molecule has 2 aromatic rings.